The molecule has 0 aliphatic rings. The lowest BCUT2D eigenvalue weighted by Crippen LogP contribution is -2.10. The monoisotopic (exact) mass is 218 g/mol. The normalized spacial score (nSPS) is 10.4. The molecule has 0 fully saturated rings. The second-order valence-corrected chi connectivity index (χ2v) is 3.30. The molecule has 0 saturated carbocycles. The quantitative estimate of drug-likeness (QED) is 0.846. The smallest absolute Gasteiger partial charge is 0.165 e. The fraction of sp³-hybridized carbons (Fsp3) is 0.182. The van der Waals surface area contributed by atoms with Crippen molar-refractivity contribution in [2.75, 3.05) is 7.05 Å². The SMILES string of the molecule is CNCc1nncc(-c2cccc(F)c2)n1. The van der Waals surface area contributed by atoms with Gasteiger partial charge in [-0.3, -0.25) is 0 Å². The fourth-order valence-electron chi connectivity index (χ4n) is 1.36. The summed E-state index contributed by atoms with van der Waals surface area (Å²) >= 11 is 0. The summed E-state index contributed by atoms with van der Waals surface area (Å²) < 4.78 is 13.0. The van der Waals surface area contributed by atoms with Crippen LogP contribution in [0.2, 0.25) is 0 Å². The number of halogens is 1. The van der Waals surface area contributed by atoms with E-state index in [4.69, 9.17) is 0 Å². The number of hydrogen-bond donors (Lipinski definition) is 1. The van der Waals surface area contributed by atoms with E-state index in [9.17, 15) is 4.39 Å². The molecule has 1 heterocycles. The Morgan fingerprint density at radius 3 is 3.00 bits per heavy atom. The largest absolute Gasteiger partial charge is 0.313 e. The topological polar surface area (TPSA) is 50.7 Å². The predicted molar refractivity (Wildman–Crippen MR) is 58.0 cm³/mol. The van der Waals surface area contributed by atoms with E-state index in [2.05, 4.69) is 20.5 Å². The summed E-state index contributed by atoms with van der Waals surface area (Å²) in [5.41, 5.74) is 1.33. The molecule has 0 spiro atoms. The number of nitrogens with one attached hydrogen (secondary N) is 1. The van der Waals surface area contributed by atoms with Gasteiger partial charge in [-0.25, -0.2) is 9.37 Å². The van der Waals surface area contributed by atoms with Crippen LogP contribution in [0.15, 0.2) is 30.5 Å². The van der Waals surface area contributed by atoms with E-state index in [1.165, 1.54) is 18.3 Å². The van der Waals surface area contributed by atoms with E-state index in [0.717, 1.165) is 0 Å². The van der Waals surface area contributed by atoms with Crippen LogP contribution in [0.25, 0.3) is 11.3 Å². The standard InChI is InChI=1S/C11H11FN4/c1-13-7-11-15-10(6-14-16-11)8-3-2-4-9(12)5-8/h2-6,13H,7H2,1H3. The number of aromatic nitrogens is 3. The second kappa shape index (κ2) is 4.76. The van der Waals surface area contributed by atoms with Crippen molar-refractivity contribution in [3.05, 3.63) is 42.1 Å². The Balaban J connectivity index is 2.36. The lowest BCUT2D eigenvalue weighted by molar-refractivity contribution is 0.628. The summed E-state index contributed by atoms with van der Waals surface area (Å²) in [4.78, 5) is 4.27. The molecule has 2 rings (SSSR count). The van der Waals surface area contributed by atoms with Gasteiger partial charge in [-0.15, -0.1) is 5.10 Å². The van der Waals surface area contributed by atoms with Crippen molar-refractivity contribution < 1.29 is 4.39 Å². The van der Waals surface area contributed by atoms with E-state index in [0.29, 0.717) is 23.6 Å². The van der Waals surface area contributed by atoms with Crippen LogP contribution < -0.4 is 5.32 Å². The van der Waals surface area contributed by atoms with Gasteiger partial charge in [-0.1, -0.05) is 12.1 Å². The van der Waals surface area contributed by atoms with Crippen molar-refractivity contribution in [2.45, 2.75) is 6.54 Å². The van der Waals surface area contributed by atoms with E-state index in [1.54, 1.807) is 19.2 Å². The minimum atomic E-state index is -0.286. The third-order valence-corrected chi connectivity index (χ3v) is 2.06. The Labute approximate surface area is 92.6 Å². The molecule has 0 radical (unpaired) electrons. The summed E-state index contributed by atoms with van der Waals surface area (Å²) in [5, 5.41) is 10.6. The summed E-state index contributed by atoms with van der Waals surface area (Å²) in [6.07, 6.45) is 1.52. The Hall–Kier alpha value is -1.88. The highest BCUT2D eigenvalue weighted by molar-refractivity contribution is 5.57. The molecule has 82 valence electrons. The minimum Gasteiger partial charge on any atom is -0.313 e. The molecule has 0 bridgehead atoms. The fourth-order valence-corrected chi connectivity index (χ4v) is 1.36. The molecular weight excluding hydrogens is 207 g/mol. The van der Waals surface area contributed by atoms with Gasteiger partial charge >= 0.3 is 0 Å². The van der Waals surface area contributed by atoms with Gasteiger partial charge in [0.15, 0.2) is 5.82 Å². The van der Waals surface area contributed by atoms with Crippen LogP contribution in [0.1, 0.15) is 5.82 Å². The summed E-state index contributed by atoms with van der Waals surface area (Å²) in [7, 11) is 1.80. The molecular formula is C11H11FN4. The summed E-state index contributed by atoms with van der Waals surface area (Å²) in [5.74, 6) is 0.301. The number of hydrogen-bond acceptors (Lipinski definition) is 4. The minimum absolute atomic E-state index is 0.286. The van der Waals surface area contributed by atoms with Crippen LogP contribution in [0.3, 0.4) is 0 Å². The van der Waals surface area contributed by atoms with E-state index < -0.39 is 0 Å². The number of rotatable bonds is 3. The highest BCUT2D eigenvalue weighted by atomic mass is 19.1. The van der Waals surface area contributed by atoms with E-state index in [1.807, 2.05) is 0 Å². The first-order valence-corrected chi connectivity index (χ1v) is 4.89. The average Bonchev–Trinajstić information content (AvgIpc) is 2.30. The van der Waals surface area contributed by atoms with Gasteiger partial charge in [0.1, 0.15) is 5.82 Å². The molecule has 1 aromatic heterocycles. The zero-order chi connectivity index (χ0) is 11.4. The maximum absolute atomic E-state index is 13.0. The lowest BCUT2D eigenvalue weighted by atomic mass is 10.1. The van der Waals surface area contributed by atoms with Crippen LogP contribution in [0, 0.1) is 5.82 Å². The number of nitrogens with zero attached hydrogens (tertiary/aromatic N) is 3. The zero-order valence-corrected chi connectivity index (χ0v) is 8.81. The van der Waals surface area contributed by atoms with Crippen molar-refractivity contribution in [1.29, 1.82) is 0 Å². The van der Waals surface area contributed by atoms with Gasteiger partial charge in [0, 0.05) is 5.56 Å². The molecule has 4 nitrogen and oxygen atoms in total. The molecule has 16 heavy (non-hydrogen) atoms. The van der Waals surface area contributed by atoms with Crippen molar-refractivity contribution >= 4 is 0 Å². The van der Waals surface area contributed by atoms with Gasteiger partial charge in [0.25, 0.3) is 0 Å². The Kier molecular flexibility index (Phi) is 3.16. The van der Waals surface area contributed by atoms with Gasteiger partial charge in [-0.2, -0.15) is 5.10 Å². The maximum Gasteiger partial charge on any atom is 0.165 e. The molecule has 0 aliphatic carbocycles. The van der Waals surface area contributed by atoms with Crippen LogP contribution in [-0.2, 0) is 6.54 Å². The van der Waals surface area contributed by atoms with E-state index in [-0.39, 0.29) is 5.82 Å². The van der Waals surface area contributed by atoms with Gasteiger partial charge in [0.2, 0.25) is 0 Å². The summed E-state index contributed by atoms with van der Waals surface area (Å²) in [6.45, 7) is 0.538. The molecule has 1 aromatic carbocycles. The third-order valence-electron chi connectivity index (χ3n) is 2.06. The van der Waals surface area contributed by atoms with Crippen molar-refractivity contribution in [1.82, 2.24) is 20.5 Å². The Morgan fingerprint density at radius 2 is 2.25 bits per heavy atom. The van der Waals surface area contributed by atoms with Crippen LogP contribution in [-0.4, -0.2) is 22.2 Å². The first-order chi connectivity index (χ1) is 7.79. The molecule has 0 atom stereocenters. The second-order valence-electron chi connectivity index (χ2n) is 3.30. The lowest BCUT2D eigenvalue weighted by Gasteiger charge is -2.02. The predicted octanol–water partition coefficient (Wildman–Crippen LogP) is 1.40. The molecule has 2 aromatic rings. The third kappa shape index (κ3) is 2.38. The van der Waals surface area contributed by atoms with Crippen molar-refractivity contribution in [3.63, 3.8) is 0 Å². The number of benzene rings is 1. The molecule has 0 aliphatic heterocycles. The van der Waals surface area contributed by atoms with Crippen LogP contribution >= 0.6 is 0 Å². The van der Waals surface area contributed by atoms with Crippen molar-refractivity contribution in [2.24, 2.45) is 0 Å². The molecule has 0 amide bonds. The molecule has 5 heteroatoms. The van der Waals surface area contributed by atoms with Gasteiger partial charge in [0.05, 0.1) is 18.4 Å². The first kappa shape index (κ1) is 10.6. The highest BCUT2D eigenvalue weighted by Crippen LogP contribution is 2.16. The average molecular weight is 218 g/mol. The Morgan fingerprint density at radius 1 is 1.38 bits per heavy atom. The highest BCUT2D eigenvalue weighted by Gasteiger charge is 2.03. The van der Waals surface area contributed by atoms with Gasteiger partial charge < -0.3 is 5.32 Å². The zero-order valence-electron chi connectivity index (χ0n) is 8.81. The van der Waals surface area contributed by atoms with Gasteiger partial charge in [-0.05, 0) is 19.2 Å². The Bertz CT molecular complexity index is 487. The molecule has 1 N–H and O–H groups in total. The first-order valence-electron chi connectivity index (χ1n) is 4.89. The van der Waals surface area contributed by atoms with Crippen LogP contribution in [0.4, 0.5) is 4.39 Å². The summed E-state index contributed by atoms with van der Waals surface area (Å²) in [6, 6.07) is 6.25. The van der Waals surface area contributed by atoms with Crippen molar-refractivity contribution in [3.8, 4) is 11.3 Å². The molecule has 0 unspecified atom stereocenters. The molecule has 0 saturated heterocycles. The maximum atomic E-state index is 13.0. The van der Waals surface area contributed by atoms with Crippen LogP contribution in [0.5, 0.6) is 0 Å². The van der Waals surface area contributed by atoms with E-state index >= 15 is 0 Å².